The molecule has 0 saturated carbocycles. The molecule has 134 valence electrons. The number of aryl methyl sites for hydroxylation is 1. The molecule has 1 aliphatic heterocycles. The van der Waals surface area contributed by atoms with E-state index in [1.165, 1.54) is 0 Å². The largest absolute Gasteiger partial charge is 0.396 e. The molecular formula is C20H26N2O3. The molecule has 0 spiro atoms. The summed E-state index contributed by atoms with van der Waals surface area (Å²) in [6.45, 7) is 5.79. The summed E-state index contributed by atoms with van der Waals surface area (Å²) < 4.78 is 7.47. The molecule has 1 saturated heterocycles. The van der Waals surface area contributed by atoms with Crippen molar-refractivity contribution in [1.29, 1.82) is 0 Å². The smallest absolute Gasteiger partial charge is 0.253 e. The third kappa shape index (κ3) is 3.62. The van der Waals surface area contributed by atoms with E-state index in [1.54, 1.807) is 0 Å². The highest BCUT2D eigenvalue weighted by Crippen LogP contribution is 2.29. The predicted octanol–water partition coefficient (Wildman–Crippen LogP) is 2.61. The molecule has 0 aliphatic carbocycles. The Balaban J connectivity index is 1.77. The first-order chi connectivity index (χ1) is 12.1. The molecule has 2 aromatic rings. The minimum Gasteiger partial charge on any atom is -0.396 e. The molecule has 0 radical (unpaired) electrons. The maximum Gasteiger partial charge on any atom is 0.253 e. The number of carbonyl (C=O) groups excluding carboxylic acids is 1. The van der Waals surface area contributed by atoms with Gasteiger partial charge in [0.15, 0.2) is 0 Å². The van der Waals surface area contributed by atoms with Crippen LogP contribution in [0.5, 0.6) is 0 Å². The minimum absolute atomic E-state index is 0.0691. The Morgan fingerprint density at radius 1 is 1.24 bits per heavy atom. The van der Waals surface area contributed by atoms with Crippen molar-refractivity contribution in [2.45, 2.75) is 26.7 Å². The fourth-order valence-corrected chi connectivity index (χ4v) is 3.53. The highest BCUT2D eigenvalue weighted by molar-refractivity contribution is 5.96. The summed E-state index contributed by atoms with van der Waals surface area (Å²) in [7, 11) is 0. The summed E-state index contributed by atoms with van der Waals surface area (Å²) in [4.78, 5) is 12.7. The number of hydrogen-bond acceptors (Lipinski definition) is 3. The topological polar surface area (TPSA) is 63.5 Å². The van der Waals surface area contributed by atoms with Crippen molar-refractivity contribution in [2.75, 3.05) is 26.4 Å². The van der Waals surface area contributed by atoms with Crippen molar-refractivity contribution in [1.82, 2.24) is 9.88 Å². The van der Waals surface area contributed by atoms with Crippen LogP contribution in [-0.4, -0.2) is 41.9 Å². The molecule has 3 rings (SSSR count). The molecule has 2 heterocycles. The second kappa shape index (κ2) is 7.42. The Labute approximate surface area is 148 Å². The van der Waals surface area contributed by atoms with Crippen molar-refractivity contribution in [2.24, 2.45) is 5.41 Å². The van der Waals surface area contributed by atoms with Crippen molar-refractivity contribution in [3.05, 3.63) is 53.3 Å². The summed E-state index contributed by atoms with van der Waals surface area (Å²) >= 11 is 0. The average Bonchev–Trinajstić information content (AvgIpc) is 2.95. The van der Waals surface area contributed by atoms with Crippen LogP contribution in [0.3, 0.4) is 0 Å². The second-order valence-corrected chi connectivity index (χ2v) is 6.91. The number of aliphatic hydroxyl groups excluding tert-OH is 1. The molecule has 2 N–H and O–H groups in total. The Bertz CT molecular complexity index is 731. The Kier molecular flexibility index (Phi) is 5.25. The molecule has 0 atom stereocenters. The van der Waals surface area contributed by atoms with Crippen LogP contribution in [0.25, 0.3) is 5.69 Å². The van der Waals surface area contributed by atoms with E-state index >= 15 is 0 Å². The molecular weight excluding hydrogens is 316 g/mol. The zero-order valence-corrected chi connectivity index (χ0v) is 14.9. The van der Waals surface area contributed by atoms with Crippen LogP contribution in [-0.2, 0) is 4.74 Å². The Hall–Kier alpha value is -2.11. The quantitative estimate of drug-likeness (QED) is 0.878. The third-order valence-corrected chi connectivity index (χ3v) is 5.20. The molecule has 0 bridgehead atoms. The van der Waals surface area contributed by atoms with Crippen LogP contribution >= 0.6 is 0 Å². The molecule has 1 aliphatic rings. The summed E-state index contributed by atoms with van der Waals surface area (Å²) in [5.41, 5.74) is 3.41. The fourth-order valence-electron chi connectivity index (χ4n) is 3.53. The minimum atomic E-state index is -0.265. The number of carbonyl (C=O) groups is 1. The lowest BCUT2D eigenvalue weighted by Gasteiger charge is -2.35. The monoisotopic (exact) mass is 342 g/mol. The Morgan fingerprint density at radius 3 is 2.56 bits per heavy atom. The zero-order valence-electron chi connectivity index (χ0n) is 14.9. The van der Waals surface area contributed by atoms with Gasteiger partial charge in [0.2, 0.25) is 0 Å². The van der Waals surface area contributed by atoms with Crippen LogP contribution < -0.4 is 5.32 Å². The number of hydrogen-bond donors (Lipinski definition) is 2. The first-order valence-corrected chi connectivity index (χ1v) is 8.77. The fraction of sp³-hybridized carbons (Fsp3) is 0.450. The van der Waals surface area contributed by atoms with Gasteiger partial charge in [-0.1, -0.05) is 18.2 Å². The number of rotatable bonds is 5. The van der Waals surface area contributed by atoms with Crippen molar-refractivity contribution < 1.29 is 14.6 Å². The summed E-state index contributed by atoms with van der Waals surface area (Å²) in [5.74, 6) is -0.0883. The van der Waals surface area contributed by atoms with Gasteiger partial charge in [-0.2, -0.15) is 0 Å². The van der Waals surface area contributed by atoms with Crippen molar-refractivity contribution >= 4 is 5.91 Å². The van der Waals surface area contributed by atoms with Gasteiger partial charge in [-0.05, 0) is 44.9 Å². The molecule has 1 fully saturated rings. The maximum absolute atomic E-state index is 12.7. The molecule has 5 heteroatoms. The van der Waals surface area contributed by atoms with Gasteiger partial charge in [-0.15, -0.1) is 0 Å². The lowest BCUT2D eigenvalue weighted by atomic mass is 9.81. The highest BCUT2D eigenvalue weighted by Gasteiger charge is 2.32. The van der Waals surface area contributed by atoms with Crippen molar-refractivity contribution in [3.63, 3.8) is 0 Å². The van der Waals surface area contributed by atoms with Gasteiger partial charge in [0.1, 0.15) is 0 Å². The van der Waals surface area contributed by atoms with Crippen LogP contribution in [0.4, 0.5) is 0 Å². The summed E-state index contributed by atoms with van der Waals surface area (Å²) in [5, 5.41) is 12.8. The number of ether oxygens (including phenoxy) is 1. The van der Waals surface area contributed by atoms with Gasteiger partial charge >= 0.3 is 0 Å². The van der Waals surface area contributed by atoms with Crippen LogP contribution in [0.15, 0.2) is 36.4 Å². The zero-order chi connectivity index (χ0) is 17.9. The van der Waals surface area contributed by atoms with E-state index in [4.69, 9.17) is 4.74 Å². The first kappa shape index (κ1) is 17.7. The number of nitrogens with one attached hydrogen (secondary N) is 1. The van der Waals surface area contributed by atoms with Gasteiger partial charge in [0.05, 0.1) is 12.2 Å². The van der Waals surface area contributed by atoms with Crippen LogP contribution in [0.1, 0.15) is 34.6 Å². The third-order valence-electron chi connectivity index (χ3n) is 5.20. The number of amides is 1. The molecule has 1 aromatic carbocycles. The molecule has 1 aromatic heterocycles. The van der Waals surface area contributed by atoms with Crippen LogP contribution in [0, 0.1) is 19.3 Å². The lowest BCUT2D eigenvalue weighted by Crippen LogP contribution is -2.43. The van der Waals surface area contributed by atoms with E-state index in [2.05, 4.69) is 9.88 Å². The predicted molar refractivity (Wildman–Crippen MR) is 97.1 cm³/mol. The highest BCUT2D eigenvalue weighted by atomic mass is 16.5. The van der Waals surface area contributed by atoms with E-state index < -0.39 is 0 Å². The van der Waals surface area contributed by atoms with E-state index in [-0.39, 0.29) is 17.9 Å². The van der Waals surface area contributed by atoms with E-state index in [9.17, 15) is 9.90 Å². The number of aromatic nitrogens is 1. The SMILES string of the molecule is Cc1cc(C(=O)NCC2(CO)CCOCC2)c(C)n1-c1ccccc1. The van der Waals surface area contributed by atoms with Gasteiger partial charge in [-0.25, -0.2) is 0 Å². The van der Waals surface area contributed by atoms with E-state index in [1.807, 2.05) is 50.2 Å². The molecule has 25 heavy (non-hydrogen) atoms. The molecule has 0 unspecified atom stereocenters. The molecule has 1 amide bonds. The number of aliphatic hydroxyl groups is 1. The van der Waals surface area contributed by atoms with Gasteiger partial charge in [0, 0.05) is 42.2 Å². The standard InChI is InChI=1S/C20H26N2O3/c1-15-12-18(16(2)22(15)17-6-4-3-5-7-17)19(24)21-13-20(14-23)8-10-25-11-9-20/h3-7,12,23H,8-11,13-14H2,1-2H3,(H,21,24). The summed E-state index contributed by atoms with van der Waals surface area (Å²) in [6.07, 6.45) is 1.54. The maximum atomic E-state index is 12.7. The molecule has 5 nitrogen and oxygen atoms in total. The Morgan fingerprint density at radius 2 is 1.92 bits per heavy atom. The average molecular weight is 342 g/mol. The van der Waals surface area contributed by atoms with Crippen LogP contribution in [0.2, 0.25) is 0 Å². The van der Waals surface area contributed by atoms with E-state index in [0.717, 1.165) is 29.9 Å². The first-order valence-electron chi connectivity index (χ1n) is 8.77. The van der Waals surface area contributed by atoms with Gasteiger partial charge in [0.25, 0.3) is 5.91 Å². The number of para-hydroxylation sites is 1. The van der Waals surface area contributed by atoms with Crippen molar-refractivity contribution in [3.8, 4) is 5.69 Å². The number of nitrogens with zero attached hydrogens (tertiary/aromatic N) is 1. The van der Waals surface area contributed by atoms with E-state index in [0.29, 0.717) is 25.3 Å². The normalized spacial score (nSPS) is 16.6. The summed E-state index contributed by atoms with van der Waals surface area (Å²) in [6, 6.07) is 11.9. The van der Waals surface area contributed by atoms with Gasteiger partial charge in [-0.3, -0.25) is 4.79 Å². The number of benzene rings is 1. The van der Waals surface area contributed by atoms with Gasteiger partial charge < -0.3 is 19.7 Å². The lowest BCUT2D eigenvalue weighted by molar-refractivity contribution is -0.0146. The second-order valence-electron chi connectivity index (χ2n) is 6.91.